The fraction of sp³-hybridized carbons (Fsp3) is 0.409. The van der Waals surface area contributed by atoms with Crippen LogP contribution in [0.1, 0.15) is 28.0 Å². The Morgan fingerprint density at radius 1 is 1.35 bits per heavy atom. The predicted molar refractivity (Wildman–Crippen MR) is 107 cm³/mol. The Labute approximate surface area is 177 Å². The smallest absolute Gasteiger partial charge is 0.195 e. The van der Waals surface area contributed by atoms with Crippen molar-refractivity contribution in [1.29, 1.82) is 0 Å². The molecule has 0 amide bonds. The molecular formula is C22H22F3N3O3. The molecular weight excluding hydrogens is 411 g/mol. The summed E-state index contributed by atoms with van der Waals surface area (Å²) in [6.07, 6.45) is 1.17. The number of alkyl halides is 2. The number of rotatable bonds is 6. The van der Waals surface area contributed by atoms with Crippen LogP contribution >= 0.6 is 0 Å². The zero-order chi connectivity index (χ0) is 22.2. The number of benzene rings is 1. The zero-order valence-corrected chi connectivity index (χ0v) is 16.9. The molecule has 0 aliphatic carbocycles. The predicted octanol–water partition coefficient (Wildman–Crippen LogP) is 2.94. The second-order valence-electron chi connectivity index (χ2n) is 7.93. The van der Waals surface area contributed by atoms with Gasteiger partial charge in [0.1, 0.15) is 35.3 Å². The molecule has 0 unspecified atom stereocenters. The van der Waals surface area contributed by atoms with Gasteiger partial charge in [0, 0.05) is 17.9 Å². The van der Waals surface area contributed by atoms with Crippen LogP contribution in [0.5, 0.6) is 5.75 Å². The summed E-state index contributed by atoms with van der Waals surface area (Å²) < 4.78 is 53.5. The highest BCUT2D eigenvalue weighted by molar-refractivity contribution is 5.95. The largest absolute Gasteiger partial charge is 0.495 e. The van der Waals surface area contributed by atoms with E-state index in [1.807, 2.05) is 0 Å². The molecule has 6 nitrogen and oxygen atoms in total. The maximum absolute atomic E-state index is 14.9. The highest BCUT2D eigenvalue weighted by Crippen LogP contribution is 2.48. The number of amidine groups is 1. The summed E-state index contributed by atoms with van der Waals surface area (Å²) in [5, 5.41) is 0. The van der Waals surface area contributed by atoms with Gasteiger partial charge in [0.25, 0.3) is 0 Å². The number of nitrogens with zero attached hydrogens (tertiary/aromatic N) is 2. The number of carbonyl (C=O) groups excluding carboxylic acids is 1. The molecule has 31 heavy (non-hydrogen) atoms. The summed E-state index contributed by atoms with van der Waals surface area (Å²) >= 11 is 0. The molecule has 0 spiro atoms. The number of halogens is 3. The Morgan fingerprint density at radius 3 is 2.84 bits per heavy atom. The van der Waals surface area contributed by atoms with Crippen LogP contribution in [-0.4, -0.2) is 49.3 Å². The number of nitrogens with two attached hydrogens (primary N) is 1. The minimum absolute atomic E-state index is 0.00487. The van der Waals surface area contributed by atoms with Crippen molar-refractivity contribution in [1.82, 2.24) is 4.98 Å². The molecule has 9 heteroatoms. The second-order valence-corrected chi connectivity index (χ2v) is 7.93. The van der Waals surface area contributed by atoms with Gasteiger partial charge in [0.2, 0.25) is 0 Å². The number of Topliss-reactive ketones (excluding diaryl/α,β-unsaturated/α-hetero) is 1. The standard InChI is InChI=1S/C22H22F3N3O3/c1-30-15-3-5-18(27-9-15)19(29)7-13-2-4-17(24)16(6-13)22-12-31-10-14(22)8-21(25,11-23)20(26)28-22/h2-6,9,14H,7-8,10-12H2,1H3,(H2,26,28)/t14-,21-,22+/m1/s1. The lowest BCUT2D eigenvalue weighted by Crippen LogP contribution is -2.53. The molecule has 2 aliphatic rings. The van der Waals surface area contributed by atoms with Gasteiger partial charge in [-0.3, -0.25) is 9.79 Å². The van der Waals surface area contributed by atoms with Gasteiger partial charge in [0.15, 0.2) is 11.5 Å². The first-order valence-corrected chi connectivity index (χ1v) is 9.82. The van der Waals surface area contributed by atoms with E-state index in [0.29, 0.717) is 11.3 Å². The summed E-state index contributed by atoms with van der Waals surface area (Å²) in [6, 6.07) is 7.44. The minimum Gasteiger partial charge on any atom is -0.495 e. The quantitative estimate of drug-likeness (QED) is 0.708. The lowest BCUT2D eigenvalue weighted by molar-refractivity contribution is 0.0988. The fourth-order valence-electron chi connectivity index (χ4n) is 4.21. The van der Waals surface area contributed by atoms with Crippen LogP contribution < -0.4 is 10.5 Å². The molecule has 1 aromatic heterocycles. The van der Waals surface area contributed by atoms with E-state index in [1.165, 1.54) is 31.5 Å². The van der Waals surface area contributed by atoms with E-state index in [1.54, 1.807) is 12.1 Å². The van der Waals surface area contributed by atoms with E-state index in [4.69, 9.17) is 15.2 Å². The average Bonchev–Trinajstić information content (AvgIpc) is 3.18. The maximum atomic E-state index is 14.9. The molecule has 3 heterocycles. The topological polar surface area (TPSA) is 86.8 Å². The third kappa shape index (κ3) is 3.67. The summed E-state index contributed by atoms with van der Waals surface area (Å²) in [7, 11) is 1.50. The van der Waals surface area contributed by atoms with Crippen LogP contribution in [0, 0.1) is 11.7 Å². The maximum Gasteiger partial charge on any atom is 0.195 e. The monoisotopic (exact) mass is 433 g/mol. The van der Waals surface area contributed by atoms with Crippen LogP contribution in [0.4, 0.5) is 13.2 Å². The summed E-state index contributed by atoms with van der Waals surface area (Å²) in [6.45, 7) is -1.20. The first-order chi connectivity index (χ1) is 14.8. The number of ether oxygens (including phenoxy) is 2. The van der Waals surface area contributed by atoms with E-state index >= 15 is 0 Å². The number of fused-ring (bicyclic) bond motifs is 1. The van der Waals surface area contributed by atoms with Crippen molar-refractivity contribution in [3.8, 4) is 5.75 Å². The normalized spacial score (nSPS) is 27.5. The summed E-state index contributed by atoms with van der Waals surface area (Å²) in [5.41, 5.74) is 3.06. The van der Waals surface area contributed by atoms with Gasteiger partial charge >= 0.3 is 0 Å². The molecule has 164 valence electrons. The van der Waals surface area contributed by atoms with E-state index in [-0.39, 0.29) is 43.1 Å². The highest BCUT2D eigenvalue weighted by atomic mass is 19.2. The Kier molecular flexibility index (Phi) is 5.47. The number of ketones is 1. The van der Waals surface area contributed by atoms with Gasteiger partial charge in [-0.05, 0) is 36.2 Å². The minimum atomic E-state index is -2.38. The third-order valence-electron chi connectivity index (χ3n) is 6.00. The number of methoxy groups -OCH3 is 1. The number of carbonyl (C=O) groups is 1. The Morgan fingerprint density at radius 2 is 2.16 bits per heavy atom. The molecule has 0 saturated carbocycles. The van der Waals surface area contributed by atoms with Crippen molar-refractivity contribution in [3.63, 3.8) is 0 Å². The average molecular weight is 433 g/mol. The van der Waals surface area contributed by atoms with Gasteiger partial charge < -0.3 is 15.2 Å². The molecule has 0 bridgehead atoms. The van der Waals surface area contributed by atoms with Gasteiger partial charge in [0.05, 0.1) is 26.5 Å². The molecule has 2 aromatic rings. The number of aliphatic imine (C=N–C) groups is 1. The van der Waals surface area contributed by atoms with Gasteiger partial charge in [-0.25, -0.2) is 18.2 Å². The molecule has 1 saturated heterocycles. The van der Waals surface area contributed by atoms with Crippen LogP contribution in [0.15, 0.2) is 41.5 Å². The van der Waals surface area contributed by atoms with Crippen molar-refractivity contribution in [3.05, 3.63) is 59.2 Å². The number of hydrogen-bond acceptors (Lipinski definition) is 6. The van der Waals surface area contributed by atoms with Crippen LogP contribution in [0.3, 0.4) is 0 Å². The van der Waals surface area contributed by atoms with Gasteiger partial charge in [-0.2, -0.15) is 0 Å². The Bertz CT molecular complexity index is 1030. The second kappa shape index (κ2) is 7.96. The van der Waals surface area contributed by atoms with Crippen LogP contribution in [0.2, 0.25) is 0 Å². The lowest BCUT2D eigenvalue weighted by Gasteiger charge is -2.40. The van der Waals surface area contributed by atoms with E-state index in [9.17, 15) is 18.0 Å². The first-order valence-electron chi connectivity index (χ1n) is 9.82. The molecule has 3 atom stereocenters. The summed E-state index contributed by atoms with van der Waals surface area (Å²) in [5.74, 6) is -1.39. The summed E-state index contributed by atoms with van der Waals surface area (Å²) in [4.78, 5) is 20.9. The highest BCUT2D eigenvalue weighted by Gasteiger charge is 2.56. The molecule has 2 aliphatic heterocycles. The zero-order valence-electron chi connectivity index (χ0n) is 16.9. The Hall–Kier alpha value is -2.94. The molecule has 4 rings (SSSR count). The Balaban J connectivity index is 1.67. The SMILES string of the molecule is COc1ccc(C(=O)Cc2ccc(F)c([C@]34COC[C@H]3C[C@@](F)(CF)C(N)=N4)c2)nc1. The molecule has 1 fully saturated rings. The van der Waals surface area contributed by atoms with Crippen LogP contribution in [-0.2, 0) is 16.7 Å². The van der Waals surface area contributed by atoms with Crippen molar-refractivity contribution in [2.45, 2.75) is 24.0 Å². The number of pyridine rings is 1. The van der Waals surface area contributed by atoms with Crippen molar-refractivity contribution >= 4 is 11.6 Å². The fourth-order valence-corrected chi connectivity index (χ4v) is 4.21. The van der Waals surface area contributed by atoms with E-state index in [2.05, 4.69) is 9.98 Å². The molecule has 0 radical (unpaired) electrons. The van der Waals surface area contributed by atoms with Crippen molar-refractivity contribution < 1.29 is 27.4 Å². The van der Waals surface area contributed by atoms with Crippen LogP contribution in [0.25, 0.3) is 0 Å². The van der Waals surface area contributed by atoms with Crippen molar-refractivity contribution in [2.75, 3.05) is 27.0 Å². The molecule has 2 N–H and O–H groups in total. The van der Waals surface area contributed by atoms with Gasteiger partial charge in [-0.15, -0.1) is 0 Å². The third-order valence-corrected chi connectivity index (χ3v) is 6.00. The molecule has 1 aromatic carbocycles. The van der Waals surface area contributed by atoms with E-state index in [0.717, 1.165) is 0 Å². The first kappa shape index (κ1) is 21.3. The van der Waals surface area contributed by atoms with Gasteiger partial charge in [-0.1, -0.05) is 6.07 Å². The lowest BCUT2D eigenvalue weighted by atomic mass is 9.72. The number of hydrogen-bond donors (Lipinski definition) is 1. The number of aromatic nitrogens is 1. The van der Waals surface area contributed by atoms with Crippen molar-refractivity contribution in [2.24, 2.45) is 16.6 Å². The van der Waals surface area contributed by atoms with E-state index < -0.39 is 35.5 Å².